The van der Waals surface area contributed by atoms with Gasteiger partial charge in [-0.25, -0.2) is 4.52 Å². The molecular weight excluding hydrogens is 190 g/mol. The highest BCUT2D eigenvalue weighted by Gasteiger charge is 2.08. The van der Waals surface area contributed by atoms with Crippen molar-refractivity contribution in [1.29, 1.82) is 0 Å². The van der Waals surface area contributed by atoms with E-state index in [4.69, 9.17) is 5.73 Å². The maximum atomic E-state index is 5.85. The van der Waals surface area contributed by atoms with Crippen LogP contribution in [-0.4, -0.2) is 27.7 Å². The van der Waals surface area contributed by atoms with Crippen LogP contribution in [0.25, 0.3) is 5.52 Å². The molecule has 0 saturated carbocycles. The molecule has 5 heteroatoms. The molecule has 0 spiro atoms. The number of hydrogen-bond acceptors (Lipinski definition) is 4. The molecule has 2 aromatic heterocycles. The number of anilines is 2. The van der Waals surface area contributed by atoms with Gasteiger partial charge < -0.3 is 10.6 Å². The zero-order chi connectivity index (χ0) is 10.8. The molecule has 2 N–H and O–H groups in total. The fraction of sp³-hybridized carbons (Fsp3) is 0.400. The Morgan fingerprint density at radius 2 is 2.13 bits per heavy atom. The van der Waals surface area contributed by atoms with E-state index >= 15 is 0 Å². The average Bonchev–Trinajstić information content (AvgIpc) is 2.68. The van der Waals surface area contributed by atoms with E-state index in [0.29, 0.717) is 11.8 Å². The van der Waals surface area contributed by atoms with Gasteiger partial charge in [-0.2, -0.15) is 4.98 Å². The summed E-state index contributed by atoms with van der Waals surface area (Å²) in [4.78, 5) is 6.35. The second-order valence-electron chi connectivity index (χ2n) is 3.31. The molecule has 0 fully saturated rings. The Bertz CT molecular complexity index is 458. The van der Waals surface area contributed by atoms with Crippen LogP contribution in [0.15, 0.2) is 18.3 Å². The van der Waals surface area contributed by atoms with Crippen LogP contribution in [0.1, 0.15) is 13.8 Å². The van der Waals surface area contributed by atoms with Gasteiger partial charge in [-0.05, 0) is 26.0 Å². The van der Waals surface area contributed by atoms with Gasteiger partial charge in [0.25, 0.3) is 0 Å². The van der Waals surface area contributed by atoms with Gasteiger partial charge in [0, 0.05) is 19.3 Å². The molecule has 15 heavy (non-hydrogen) atoms. The van der Waals surface area contributed by atoms with E-state index in [1.165, 1.54) is 0 Å². The zero-order valence-electron chi connectivity index (χ0n) is 9.01. The summed E-state index contributed by atoms with van der Waals surface area (Å²) in [6.45, 7) is 5.90. The lowest BCUT2D eigenvalue weighted by Crippen LogP contribution is -2.25. The van der Waals surface area contributed by atoms with E-state index in [2.05, 4.69) is 28.8 Å². The monoisotopic (exact) mass is 205 g/mol. The lowest BCUT2D eigenvalue weighted by atomic mass is 10.5. The molecule has 2 heterocycles. The van der Waals surface area contributed by atoms with Crippen LogP contribution in [0.3, 0.4) is 0 Å². The van der Waals surface area contributed by atoms with Gasteiger partial charge in [0.15, 0.2) is 5.82 Å². The first-order chi connectivity index (χ1) is 7.26. The predicted octanol–water partition coefficient (Wildman–Crippen LogP) is 1.16. The van der Waals surface area contributed by atoms with Crippen molar-refractivity contribution in [3.63, 3.8) is 0 Å². The SMILES string of the molecule is CCN(CC)c1nc(N)c2cccn2n1. The lowest BCUT2D eigenvalue weighted by molar-refractivity contribution is 0.782. The number of fused-ring (bicyclic) bond motifs is 1. The summed E-state index contributed by atoms with van der Waals surface area (Å²) in [6.07, 6.45) is 1.88. The number of hydrogen-bond donors (Lipinski definition) is 1. The predicted molar refractivity (Wildman–Crippen MR) is 61.0 cm³/mol. The van der Waals surface area contributed by atoms with Crippen molar-refractivity contribution >= 4 is 17.3 Å². The van der Waals surface area contributed by atoms with Gasteiger partial charge in [0.1, 0.15) is 5.52 Å². The standard InChI is InChI=1S/C10H15N5/c1-3-14(4-2)10-12-9(11)8-6-5-7-15(8)13-10/h5-7H,3-4H2,1-2H3,(H2,11,12,13). The largest absolute Gasteiger partial charge is 0.382 e. The van der Waals surface area contributed by atoms with E-state index in [9.17, 15) is 0 Å². The molecular formula is C10H15N5. The number of nitrogen functional groups attached to an aromatic ring is 1. The van der Waals surface area contributed by atoms with Crippen molar-refractivity contribution < 1.29 is 0 Å². The highest BCUT2D eigenvalue weighted by molar-refractivity contribution is 5.66. The Morgan fingerprint density at radius 1 is 1.40 bits per heavy atom. The Kier molecular flexibility index (Phi) is 2.45. The lowest BCUT2D eigenvalue weighted by Gasteiger charge is -2.18. The highest BCUT2D eigenvalue weighted by Crippen LogP contribution is 2.14. The molecule has 0 saturated heterocycles. The van der Waals surface area contributed by atoms with E-state index in [1.807, 2.05) is 18.3 Å². The fourth-order valence-corrected chi connectivity index (χ4v) is 1.59. The minimum atomic E-state index is 0.525. The summed E-state index contributed by atoms with van der Waals surface area (Å²) in [5.74, 6) is 1.21. The van der Waals surface area contributed by atoms with Crippen molar-refractivity contribution in [1.82, 2.24) is 14.6 Å². The van der Waals surface area contributed by atoms with Crippen LogP contribution in [0.2, 0.25) is 0 Å². The second kappa shape index (κ2) is 3.76. The van der Waals surface area contributed by atoms with Gasteiger partial charge in [0.2, 0.25) is 5.95 Å². The third kappa shape index (κ3) is 1.60. The second-order valence-corrected chi connectivity index (χ2v) is 3.31. The molecule has 0 atom stereocenters. The number of aromatic nitrogens is 3. The van der Waals surface area contributed by atoms with Crippen LogP contribution in [0.5, 0.6) is 0 Å². The van der Waals surface area contributed by atoms with Crippen molar-refractivity contribution in [2.75, 3.05) is 23.7 Å². The molecule has 0 unspecified atom stereocenters. The fourth-order valence-electron chi connectivity index (χ4n) is 1.59. The first-order valence-corrected chi connectivity index (χ1v) is 5.12. The van der Waals surface area contributed by atoms with E-state index in [1.54, 1.807) is 4.52 Å². The molecule has 2 aromatic rings. The first kappa shape index (κ1) is 9.76. The molecule has 5 nitrogen and oxygen atoms in total. The summed E-state index contributed by atoms with van der Waals surface area (Å²) in [5, 5.41) is 4.39. The maximum Gasteiger partial charge on any atom is 0.245 e. The molecule has 80 valence electrons. The van der Waals surface area contributed by atoms with Crippen LogP contribution in [-0.2, 0) is 0 Å². The number of rotatable bonds is 3. The summed E-state index contributed by atoms with van der Waals surface area (Å²) < 4.78 is 1.76. The van der Waals surface area contributed by atoms with Gasteiger partial charge in [-0.3, -0.25) is 0 Å². The Balaban J connectivity index is 2.52. The maximum absolute atomic E-state index is 5.85. The number of nitrogens with zero attached hydrogens (tertiary/aromatic N) is 4. The van der Waals surface area contributed by atoms with Crippen molar-refractivity contribution in [3.8, 4) is 0 Å². The molecule has 0 aromatic carbocycles. The Labute approximate surface area is 88.5 Å². The van der Waals surface area contributed by atoms with Crippen LogP contribution in [0.4, 0.5) is 11.8 Å². The smallest absolute Gasteiger partial charge is 0.245 e. The zero-order valence-corrected chi connectivity index (χ0v) is 9.01. The minimum Gasteiger partial charge on any atom is -0.382 e. The topological polar surface area (TPSA) is 59.5 Å². The van der Waals surface area contributed by atoms with Gasteiger partial charge in [-0.1, -0.05) is 0 Å². The van der Waals surface area contributed by atoms with Crippen molar-refractivity contribution in [3.05, 3.63) is 18.3 Å². The van der Waals surface area contributed by atoms with E-state index in [0.717, 1.165) is 18.6 Å². The molecule has 0 amide bonds. The van der Waals surface area contributed by atoms with Crippen LogP contribution in [0, 0.1) is 0 Å². The average molecular weight is 205 g/mol. The van der Waals surface area contributed by atoms with Crippen molar-refractivity contribution in [2.45, 2.75) is 13.8 Å². The summed E-state index contributed by atoms with van der Waals surface area (Å²) in [6, 6.07) is 3.81. The highest BCUT2D eigenvalue weighted by atomic mass is 15.4. The van der Waals surface area contributed by atoms with E-state index < -0.39 is 0 Å². The van der Waals surface area contributed by atoms with E-state index in [-0.39, 0.29) is 0 Å². The van der Waals surface area contributed by atoms with Crippen molar-refractivity contribution in [2.24, 2.45) is 0 Å². The quantitative estimate of drug-likeness (QED) is 0.816. The van der Waals surface area contributed by atoms with Crippen LogP contribution < -0.4 is 10.6 Å². The molecule has 0 bridgehead atoms. The Morgan fingerprint density at radius 3 is 2.80 bits per heavy atom. The van der Waals surface area contributed by atoms with Gasteiger partial charge in [-0.15, -0.1) is 5.10 Å². The normalized spacial score (nSPS) is 10.8. The molecule has 0 aliphatic carbocycles. The Hall–Kier alpha value is -1.78. The summed E-state index contributed by atoms with van der Waals surface area (Å²) in [7, 11) is 0. The summed E-state index contributed by atoms with van der Waals surface area (Å²) in [5.41, 5.74) is 6.70. The van der Waals surface area contributed by atoms with Gasteiger partial charge >= 0.3 is 0 Å². The molecule has 2 rings (SSSR count). The summed E-state index contributed by atoms with van der Waals surface area (Å²) >= 11 is 0. The third-order valence-corrected chi connectivity index (χ3v) is 2.45. The van der Waals surface area contributed by atoms with Crippen LogP contribution >= 0.6 is 0 Å². The molecule has 0 aliphatic rings. The van der Waals surface area contributed by atoms with Gasteiger partial charge in [0.05, 0.1) is 0 Å². The number of nitrogens with two attached hydrogens (primary N) is 1. The third-order valence-electron chi connectivity index (χ3n) is 2.45. The molecule has 0 radical (unpaired) electrons. The first-order valence-electron chi connectivity index (χ1n) is 5.12. The molecule has 0 aliphatic heterocycles. The minimum absolute atomic E-state index is 0.525.